The van der Waals surface area contributed by atoms with E-state index in [1.165, 1.54) is 31.2 Å². The quantitative estimate of drug-likeness (QED) is 0.850. The Hall–Kier alpha value is -3.02. The lowest BCUT2D eigenvalue weighted by Crippen LogP contribution is -2.37. The van der Waals surface area contributed by atoms with Gasteiger partial charge in [-0.25, -0.2) is 0 Å². The number of hydrogen-bond acceptors (Lipinski definition) is 4. The Balaban J connectivity index is 2.08. The number of phenolic OH excluding ortho intramolecular Hbond substituents is 1. The highest BCUT2D eigenvalue weighted by Crippen LogP contribution is 2.19. The zero-order valence-corrected chi connectivity index (χ0v) is 12.2. The normalized spacial score (nSPS) is 9.91. The summed E-state index contributed by atoms with van der Waals surface area (Å²) in [6, 6.07) is 12.7. The molecule has 2 aromatic carbocycles. The van der Waals surface area contributed by atoms with Crippen LogP contribution < -0.4 is 15.0 Å². The summed E-state index contributed by atoms with van der Waals surface area (Å²) in [5.41, 5.74) is 0.973. The molecule has 0 fully saturated rings. The minimum Gasteiger partial charge on any atom is -0.508 e. The molecule has 0 aliphatic carbocycles. The summed E-state index contributed by atoms with van der Waals surface area (Å²) >= 11 is 0. The van der Waals surface area contributed by atoms with E-state index in [1.54, 1.807) is 36.4 Å². The Morgan fingerprint density at radius 1 is 1.14 bits per heavy atom. The molecule has 0 unspecified atom stereocenters. The fourth-order valence-corrected chi connectivity index (χ4v) is 1.83. The number of nitrogens with zero attached hydrogens (tertiary/aromatic N) is 1. The maximum Gasteiger partial charge on any atom is 0.316 e. The number of rotatable bonds is 3. The third-order valence-corrected chi connectivity index (χ3v) is 3.06. The van der Waals surface area contributed by atoms with E-state index in [-0.39, 0.29) is 5.75 Å². The van der Waals surface area contributed by atoms with Gasteiger partial charge in [0.2, 0.25) is 0 Å². The van der Waals surface area contributed by atoms with E-state index >= 15 is 0 Å². The second-order valence-electron chi connectivity index (χ2n) is 4.57. The number of anilines is 2. The first-order valence-corrected chi connectivity index (χ1v) is 6.53. The van der Waals surface area contributed by atoms with Gasteiger partial charge < -0.3 is 20.1 Å². The fourth-order valence-electron chi connectivity index (χ4n) is 1.83. The highest BCUT2D eigenvalue weighted by atomic mass is 16.5. The average molecular weight is 300 g/mol. The maximum absolute atomic E-state index is 12.1. The SMILES string of the molecule is COc1cccc(NC(=O)C(=O)N(C)c2ccc(O)cc2)c1. The molecule has 0 aliphatic rings. The van der Waals surface area contributed by atoms with Crippen molar-refractivity contribution in [3.8, 4) is 11.5 Å². The van der Waals surface area contributed by atoms with Gasteiger partial charge in [-0.2, -0.15) is 0 Å². The second-order valence-corrected chi connectivity index (χ2v) is 4.57. The van der Waals surface area contributed by atoms with Crippen LogP contribution in [0.2, 0.25) is 0 Å². The molecule has 0 heterocycles. The molecule has 0 atom stereocenters. The maximum atomic E-state index is 12.1. The van der Waals surface area contributed by atoms with Crippen LogP contribution in [-0.4, -0.2) is 31.1 Å². The van der Waals surface area contributed by atoms with Crippen LogP contribution in [0.15, 0.2) is 48.5 Å². The molecule has 2 rings (SSSR count). The molecule has 6 heteroatoms. The molecular weight excluding hydrogens is 284 g/mol. The first-order valence-electron chi connectivity index (χ1n) is 6.53. The van der Waals surface area contributed by atoms with E-state index in [2.05, 4.69) is 5.32 Å². The van der Waals surface area contributed by atoms with Gasteiger partial charge >= 0.3 is 11.8 Å². The van der Waals surface area contributed by atoms with Crippen molar-refractivity contribution in [1.29, 1.82) is 0 Å². The molecule has 114 valence electrons. The summed E-state index contributed by atoms with van der Waals surface area (Å²) in [7, 11) is 3.00. The number of benzene rings is 2. The predicted octanol–water partition coefficient (Wildman–Crippen LogP) is 2.00. The number of carbonyl (C=O) groups is 2. The second kappa shape index (κ2) is 6.62. The van der Waals surface area contributed by atoms with Gasteiger partial charge in [-0.1, -0.05) is 6.07 Å². The number of carbonyl (C=O) groups excluding carboxylic acids is 2. The van der Waals surface area contributed by atoms with Gasteiger partial charge in [0.25, 0.3) is 0 Å². The molecular formula is C16H16N2O4. The minimum absolute atomic E-state index is 0.0884. The van der Waals surface area contributed by atoms with Gasteiger partial charge in [-0.3, -0.25) is 9.59 Å². The molecule has 0 saturated carbocycles. The van der Waals surface area contributed by atoms with Crippen LogP contribution in [0, 0.1) is 0 Å². The summed E-state index contributed by atoms with van der Waals surface area (Å²) in [5, 5.41) is 11.8. The minimum atomic E-state index is -0.760. The Morgan fingerprint density at radius 3 is 2.45 bits per heavy atom. The predicted molar refractivity (Wildman–Crippen MR) is 83.1 cm³/mol. The van der Waals surface area contributed by atoms with Crippen LogP contribution in [-0.2, 0) is 9.59 Å². The molecule has 22 heavy (non-hydrogen) atoms. The average Bonchev–Trinajstić information content (AvgIpc) is 2.54. The number of amides is 2. The van der Waals surface area contributed by atoms with Crippen molar-refractivity contribution in [3.63, 3.8) is 0 Å². The van der Waals surface area contributed by atoms with Crippen LogP contribution in [0.5, 0.6) is 11.5 Å². The molecule has 0 spiro atoms. The summed E-state index contributed by atoms with van der Waals surface area (Å²) in [6.45, 7) is 0. The number of ether oxygens (including phenoxy) is 1. The van der Waals surface area contributed by atoms with Gasteiger partial charge in [0.15, 0.2) is 0 Å². The number of hydrogen-bond donors (Lipinski definition) is 2. The fraction of sp³-hybridized carbons (Fsp3) is 0.125. The van der Waals surface area contributed by atoms with E-state index in [0.717, 1.165) is 0 Å². The summed E-state index contributed by atoms with van der Waals surface area (Å²) < 4.78 is 5.05. The highest BCUT2D eigenvalue weighted by molar-refractivity contribution is 6.44. The van der Waals surface area contributed by atoms with E-state index in [0.29, 0.717) is 17.1 Å². The molecule has 0 saturated heterocycles. The standard InChI is InChI=1S/C16H16N2O4/c1-18(12-6-8-13(19)9-7-12)16(21)15(20)17-11-4-3-5-14(10-11)22-2/h3-10,19H,1-2H3,(H,17,20). The first kappa shape index (κ1) is 15.4. The lowest BCUT2D eigenvalue weighted by atomic mass is 10.2. The largest absolute Gasteiger partial charge is 0.508 e. The van der Waals surface area contributed by atoms with Crippen molar-refractivity contribution >= 4 is 23.2 Å². The zero-order valence-electron chi connectivity index (χ0n) is 12.2. The van der Waals surface area contributed by atoms with Crippen LogP contribution >= 0.6 is 0 Å². The van der Waals surface area contributed by atoms with Crippen molar-refractivity contribution < 1.29 is 19.4 Å². The van der Waals surface area contributed by atoms with Crippen molar-refractivity contribution in [2.24, 2.45) is 0 Å². The Labute approximate surface area is 127 Å². The van der Waals surface area contributed by atoms with E-state index in [9.17, 15) is 14.7 Å². The lowest BCUT2D eigenvalue weighted by molar-refractivity contribution is -0.134. The number of phenols is 1. The number of nitrogens with one attached hydrogen (secondary N) is 1. The summed E-state index contributed by atoms with van der Waals surface area (Å²) in [5.74, 6) is -0.806. The Kier molecular flexibility index (Phi) is 4.63. The summed E-state index contributed by atoms with van der Waals surface area (Å²) in [4.78, 5) is 25.3. The highest BCUT2D eigenvalue weighted by Gasteiger charge is 2.20. The summed E-state index contributed by atoms with van der Waals surface area (Å²) in [6.07, 6.45) is 0. The lowest BCUT2D eigenvalue weighted by Gasteiger charge is -2.17. The van der Waals surface area contributed by atoms with Gasteiger partial charge in [-0.05, 0) is 36.4 Å². The Morgan fingerprint density at radius 2 is 1.82 bits per heavy atom. The zero-order chi connectivity index (χ0) is 16.1. The third kappa shape index (κ3) is 3.54. The van der Waals surface area contributed by atoms with Crippen molar-refractivity contribution in [2.45, 2.75) is 0 Å². The van der Waals surface area contributed by atoms with Gasteiger partial charge in [0, 0.05) is 24.5 Å². The van der Waals surface area contributed by atoms with E-state index in [4.69, 9.17) is 4.74 Å². The molecule has 2 N–H and O–H groups in total. The topological polar surface area (TPSA) is 78.9 Å². The molecule has 0 aromatic heterocycles. The van der Waals surface area contributed by atoms with Gasteiger partial charge in [0.05, 0.1) is 7.11 Å². The van der Waals surface area contributed by atoms with Crippen LogP contribution in [0.1, 0.15) is 0 Å². The monoisotopic (exact) mass is 300 g/mol. The third-order valence-electron chi connectivity index (χ3n) is 3.06. The molecule has 0 bridgehead atoms. The molecule has 0 radical (unpaired) electrons. The molecule has 6 nitrogen and oxygen atoms in total. The van der Waals surface area contributed by atoms with Gasteiger partial charge in [-0.15, -0.1) is 0 Å². The van der Waals surface area contributed by atoms with Crippen LogP contribution in [0.25, 0.3) is 0 Å². The first-order chi connectivity index (χ1) is 10.5. The van der Waals surface area contributed by atoms with Gasteiger partial charge in [0.1, 0.15) is 11.5 Å². The Bertz CT molecular complexity index is 683. The number of likely N-dealkylation sites (N-methyl/N-ethyl adjacent to an activating group) is 1. The van der Waals surface area contributed by atoms with Crippen LogP contribution in [0.4, 0.5) is 11.4 Å². The molecule has 0 aliphatic heterocycles. The van der Waals surface area contributed by atoms with E-state index in [1.807, 2.05) is 0 Å². The van der Waals surface area contributed by atoms with Crippen molar-refractivity contribution in [3.05, 3.63) is 48.5 Å². The molecule has 2 aromatic rings. The number of methoxy groups -OCH3 is 1. The smallest absolute Gasteiger partial charge is 0.316 e. The molecule has 2 amide bonds. The van der Waals surface area contributed by atoms with Crippen LogP contribution in [0.3, 0.4) is 0 Å². The van der Waals surface area contributed by atoms with E-state index < -0.39 is 11.8 Å². The van der Waals surface area contributed by atoms with Crippen molar-refractivity contribution in [2.75, 3.05) is 24.4 Å². The van der Waals surface area contributed by atoms with Crippen molar-refractivity contribution in [1.82, 2.24) is 0 Å². The number of aromatic hydroxyl groups is 1.